The van der Waals surface area contributed by atoms with E-state index in [1.807, 2.05) is 19.0 Å². The fourth-order valence-electron chi connectivity index (χ4n) is 1.34. The second-order valence-electron chi connectivity index (χ2n) is 3.73. The van der Waals surface area contributed by atoms with Gasteiger partial charge in [-0.1, -0.05) is 0 Å². The number of hydrogen-bond donors (Lipinski definition) is 1. The minimum absolute atomic E-state index is 0.0440. The van der Waals surface area contributed by atoms with Gasteiger partial charge in [-0.05, 0) is 26.9 Å². The average Bonchev–Trinajstić information content (AvgIpc) is 1.93. The molecule has 4 heteroatoms. The van der Waals surface area contributed by atoms with Crippen LogP contribution < -0.4 is 0 Å². The van der Waals surface area contributed by atoms with Crippen LogP contribution in [0.4, 0.5) is 0 Å². The molecule has 1 aliphatic rings. The number of aliphatic carboxylic acids is 1. The first-order valence-electron chi connectivity index (χ1n) is 4.60. The summed E-state index contributed by atoms with van der Waals surface area (Å²) in [6.07, 6.45) is 1.62. The summed E-state index contributed by atoms with van der Waals surface area (Å²) in [6.45, 7) is 1.48. The van der Waals surface area contributed by atoms with Crippen molar-refractivity contribution in [3.05, 3.63) is 0 Å². The van der Waals surface area contributed by atoms with Gasteiger partial charge >= 0.3 is 5.97 Å². The standard InChI is InChI=1S/C9H17NO3/c1-10(2)5-6-13-8-4-3-7(8)9(11)12/h7-8H,3-6H2,1-2H3,(H,11,12). The molecule has 0 aromatic carbocycles. The minimum Gasteiger partial charge on any atom is -0.481 e. The van der Waals surface area contributed by atoms with E-state index in [1.54, 1.807) is 0 Å². The Kier molecular flexibility index (Phi) is 3.69. The van der Waals surface area contributed by atoms with Crippen molar-refractivity contribution in [2.24, 2.45) is 5.92 Å². The Hall–Kier alpha value is -0.610. The number of carboxylic acid groups (broad SMARTS) is 1. The first-order chi connectivity index (χ1) is 6.11. The summed E-state index contributed by atoms with van der Waals surface area (Å²) in [7, 11) is 3.94. The monoisotopic (exact) mass is 187 g/mol. The zero-order valence-electron chi connectivity index (χ0n) is 8.19. The summed E-state index contributed by atoms with van der Waals surface area (Å²) >= 11 is 0. The van der Waals surface area contributed by atoms with Crippen molar-refractivity contribution >= 4 is 5.97 Å². The van der Waals surface area contributed by atoms with E-state index in [2.05, 4.69) is 0 Å². The quantitative estimate of drug-likeness (QED) is 0.678. The number of hydrogen-bond acceptors (Lipinski definition) is 3. The number of nitrogens with zero attached hydrogens (tertiary/aromatic N) is 1. The Morgan fingerprint density at radius 3 is 2.62 bits per heavy atom. The van der Waals surface area contributed by atoms with Crippen molar-refractivity contribution in [1.29, 1.82) is 0 Å². The van der Waals surface area contributed by atoms with Crippen LogP contribution in [-0.4, -0.2) is 49.3 Å². The maximum absolute atomic E-state index is 10.6. The molecule has 2 atom stereocenters. The molecule has 0 radical (unpaired) electrons. The van der Waals surface area contributed by atoms with E-state index >= 15 is 0 Å². The van der Waals surface area contributed by atoms with Crippen LogP contribution in [-0.2, 0) is 9.53 Å². The number of likely N-dealkylation sites (N-methyl/N-ethyl adjacent to an activating group) is 1. The molecule has 0 spiro atoms. The zero-order valence-corrected chi connectivity index (χ0v) is 8.19. The van der Waals surface area contributed by atoms with E-state index in [0.29, 0.717) is 6.61 Å². The lowest BCUT2D eigenvalue weighted by Gasteiger charge is -2.33. The summed E-state index contributed by atoms with van der Waals surface area (Å²) in [5.74, 6) is -0.983. The van der Waals surface area contributed by atoms with Gasteiger partial charge in [-0.2, -0.15) is 0 Å². The molecule has 0 aliphatic heterocycles. The Morgan fingerprint density at radius 2 is 2.23 bits per heavy atom. The minimum atomic E-state index is -0.721. The van der Waals surface area contributed by atoms with Crippen molar-refractivity contribution in [3.8, 4) is 0 Å². The van der Waals surface area contributed by atoms with Crippen LogP contribution in [0, 0.1) is 5.92 Å². The first-order valence-corrected chi connectivity index (χ1v) is 4.60. The zero-order chi connectivity index (χ0) is 9.84. The molecule has 0 saturated heterocycles. The lowest BCUT2D eigenvalue weighted by atomic mass is 9.82. The molecule has 2 unspecified atom stereocenters. The predicted molar refractivity (Wildman–Crippen MR) is 48.7 cm³/mol. The van der Waals surface area contributed by atoms with Crippen LogP contribution in [0.5, 0.6) is 0 Å². The van der Waals surface area contributed by atoms with E-state index in [-0.39, 0.29) is 12.0 Å². The normalized spacial score (nSPS) is 27.3. The van der Waals surface area contributed by atoms with Crippen molar-refractivity contribution in [3.63, 3.8) is 0 Å². The fourth-order valence-corrected chi connectivity index (χ4v) is 1.34. The van der Waals surface area contributed by atoms with Gasteiger partial charge in [0.2, 0.25) is 0 Å². The molecule has 0 amide bonds. The summed E-state index contributed by atoms with van der Waals surface area (Å²) in [4.78, 5) is 12.6. The van der Waals surface area contributed by atoms with Gasteiger partial charge in [-0.15, -0.1) is 0 Å². The predicted octanol–water partition coefficient (Wildman–Crippen LogP) is 0.428. The third-order valence-corrected chi connectivity index (χ3v) is 2.40. The molecular formula is C9H17NO3. The number of carboxylic acids is 1. The van der Waals surface area contributed by atoms with Crippen molar-refractivity contribution in [2.75, 3.05) is 27.2 Å². The summed E-state index contributed by atoms with van der Waals surface area (Å²) < 4.78 is 5.44. The highest BCUT2D eigenvalue weighted by molar-refractivity contribution is 5.71. The van der Waals surface area contributed by atoms with Crippen LogP contribution in [0.3, 0.4) is 0 Å². The van der Waals surface area contributed by atoms with E-state index < -0.39 is 5.97 Å². The second-order valence-corrected chi connectivity index (χ2v) is 3.73. The molecule has 1 aliphatic carbocycles. The molecule has 0 heterocycles. The SMILES string of the molecule is CN(C)CCOC1CCC1C(=O)O. The first kappa shape index (κ1) is 10.5. The van der Waals surface area contributed by atoms with Gasteiger partial charge in [0, 0.05) is 6.54 Å². The fraction of sp³-hybridized carbons (Fsp3) is 0.889. The van der Waals surface area contributed by atoms with E-state index in [1.165, 1.54) is 0 Å². The van der Waals surface area contributed by atoms with E-state index in [9.17, 15) is 4.79 Å². The summed E-state index contributed by atoms with van der Waals surface area (Å²) in [6, 6.07) is 0. The molecule has 0 aromatic rings. The number of ether oxygens (including phenoxy) is 1. The van der Waals surface area contributed by atoms with Crippen LogP contribution >= 0.6 is 0 Å². The third-order valence-electron chi connectivity index (χ3n) is 2.40. The lowest BCUT2D eigenvalue weighted by molar-refractivity contribution is -0.155. The smallest absolute Gasteiger partial charge is 0.309 e. The molecule has 0 bridgehead atoms. The van der Waals surface area contributed by atoms with Gasteiger partial charge in [0.15, 0.2) is 0 Å². The van der Waals surface area contributed by atoms with E-state index in [4.69, 9.17) is 9.84 Å². The molecule has 76 valence electrons. The largest absolute Gasteiger partial charge is 0.481 e. The molecule has 0 aromatic heterocycles. The maximum Gasteiger partial charge on any atom is 0.309 e. The highest BCUT2D eigenvalue weighted by atomic mass is 16.5. The number of rotatable bonds is 5. The molecular weight excluding hydrogens is 170 g/mol. The Bertz CT molecular complexity index is 182. The average molecular weight is 187 g/mol. The maximum atomic E-state index is 10.6. The van der Waals surface area contributed by atoms with Crippen molar-refractivity contribution in [2.45, 2.75) is 18.9 Å². The highest BCUT2D eigenvalue weighted by Crippen LogP contribution is 2.30. The van der Waals surface area contributed by atoms with Crippen LogP contribution in [0.1, 0.15) is 12.8 Å². The van der Waals surface area contributed by atoms with Gasteiger partial charge in [0.1, 0.15) is 0 Å². The summed E-state index contributed by atoms with van der Waals surface area (Å²) in [5.41, 5.74) is 0. The van der Waals surface area contributed by atoms with Gasteiger partial charge in [-0.3, -0.25) is 4.79 Å². The van der Waals surface area contributed by atoms with Crippen LogP contribution in [0.2, 0.25) is 0 Å². The molecule has 13 heavy (non-hydrogen) atoms. The topological polar surface area (TPSA) is 49.8 Å². The van der Waals surface area contributed by atoms with Gasteiger partial charge in [0.25, 0.3) is 0 Å². The van der Waals surface area contributed by atoms with Gasteiger partial charge in [-0.25, -0.2) is 0 Å². The van der Waals surface area contributed by atoms with Gasteiger partial charge < -0.3 is 14.7 Å². The third kappa shape index (κ3) is 2.97. The van der Waals surface area contributed by atoms with E-state index in [0.717, 1.165) is 19.4 Å². The molecule has 1 rings (SSSR count). The Labute approximate surface area is 78.5 Å². The summed E-state index contributed by atoms with van der Waals surface area (Å²) in [5, 5.41) is 8.72. The van der Waals surface area contributed by atoms with Crippen molar-refractivity contribution < 1.29 is 14.6 Å². The molecule has 1 N–H and O–H groups in total. The number of carbonyl (C=O) groups is 1. The molecule has 1 fully saturated rings. The molecule has 1 saturated carbocycles. The second kappa shape index (κ2) is 4.58. The van der Waals surface area contributed by atoms with Crippen LogP contribution in [0.15, 0.2) is 0 Å². The Balaban J connectivity index is 2.12. The lowest BCUT2D eigenvalue weighted by Crippen LogP contribution is -2.40. The molecule has 4 nitrogen and oxygen atoms in total. The van der Waals surface area contributed by atoms with Gasteiger partial charge in [0.05, 0.1) is 18.6 Å². The van der Waals surface area contributed by atoms with Crippen LogP contribution in [0.25, 0.3) is 0 Å². The Morgan fingerprint density at radius 1 is 1.54 bits per heavy atom. The highest BCUT2D eigenvalue weighted by Gasteiger charge is 2.37. The van der Waals surface area contributed by atoms with Crippen molar-refractivity contribution in [1.82, 2.24) is 4.90 Å².